The van der Waals surface area contributed by atoms with Crippen molar-refractivity contribution in [3.8, 4) is 0 Å². The van der Waals surface area contributed by atoms with E-state index >= 15 is 0 Å². The molecule has 1 saturated carbocycles. The minimum absolute atomic E-state index is 0.0420. The van der Waals surface area contributed by atoms with E-state index in [9.17, 15) is 18.0 Å². The summed E-state index contributed by atoms with van der Waals surface area (Å²) < 4.78 is 27.6. The molecule has 7 nitrogen and oxygen atoms in total. The second-order valence-corrected chi connectivity index (χ2v) is 11.0. The van der Waals surface area contributed by atoms with Crippen LogP contribution >= 0.6 is 0 Å². The summed E-state index contributed by atoms with van der Waals surface area (Å²) >= 11 is 0. The molecule has 0 unspecified atom stereocenters. The predicted octanol–water partition coefficient (Wildman–Crippen LogP) is 3.97. The summed E-state index contributed by atoms with van der Waals surface area (Å²) in [5, 5.41) is 2.88. The molecule has 194 valence electrons. The maximum atomic E-state index is 13.6. The van der Waals surface area contributed by atoms with Gasteiger partial charge in [0.1, 0.15) is 6.04 Å². The Morgan fingerprint density at radius 3 is 2.11 bits per heavy atom. The quantitative estimate of drug-likeness (QED) is 0.379. The maximum Gasteiger partial charge on any atom is 0.247 e. The van der Waals surface area contributed by atoms with Crippen molar-refractivity contribution in [1.82, 2.24) is 14.9 Å². The van der Waals surface area contributed by atoms with E-state index in [1.165, 1.54) is 0 Å². The van der Waals surface area contributed by atoms with Crippen molar-refractivity contribution in [3.05, 3.63) is 102 Å². The van der Waals surface area contributed by atoms with Gasteiger partial charge in [0, 0.05) is 25.6 Å². The van der Waals surface area contributed by atoms with Crippen molar-refractivity contribution in [2.24, 2.45) is 0 Å². The fourth-order valence-electron chi connectivity index (χ4n) is 4.20. The van der Waals surface area contributed by atoms with Crippen molar-refractivity contribution in [2.45, 2.75) is 56.1 Å². The maximum absolute atomic E-state index is 13.6. The molecule has 1 aliphatic carbocycles. The summed E-state index contributed by atoms with van der Waals surface area (Å²) in [6.45, 7) is 2.61. The molecule has 0 heterocycles. The number of carbonyl (C=O) groups excluding carboxylic acids is 2. The molecule has 3 aromatic rings. The van der Waals surface area contributed by atoms with Crippen molar-refractivity contribution in [1.29, 1.82) is 0 Å². The van der Waals surface area contributed by atoms with Gasteiger partial charge in [0.05, 0.1) is 4.90 Å². The van der Waals surface area contributed by atoms with E-state index in [0.717, 1.165) is 29.5 Å². The number of hydrogen-bond acceptors (Lipinski definition) is 4. The molecule has 2 N–H and O–H groups in total. The zero-order valence-electron chi connectivity index (χ0n) is 21.0. The Hall–Kier alpha value is -3.49. The van der Waals surface area contributed by atoms with E-state index < -0.39 is 16.1 Å². The van der Waals surface area contributed by atoms with Gasteiger partial charge in [-0.15, -0.1) is 0 Å². The average molecular weight is 520 g/mol. The number of benzene rings is 3. The van der Waals surface area contributed by atoms with Crippen LogP contribution in [0.3, 0.4) is 0 Å². The summed E-state index contributed by atoms with van der Waals surface area (Å²) in [7, 11) is -3.52. The molecule has 3 aromatic carbocycles. The van der Waals surface area contributed by atoms with Crippen LogP contribution in [-0.2, 0) is 32.6 Å². The molecule has 0 aliphatic heterocycles. The first-order chi connectivity index (χ1) is 17.9. The van der Waals surface area contributed by atoms with Crippen LogP contribution in [0.25, 0.3) is 0 Å². The lowest BCUT2D eigenvalue weighted by atomic mass is 10.0. The van der Waals surface area contributed by atoms with Crippen LogP contribution in [0.15, 0.2) is 89.8 Å². The summed E-state index contributed by atoms with van der Waals surface area (Å²) in [6.07, 6.45) is 2.36. The number of sulfonamides is 1. The predicted molar refractivity (Wildman–Crippen MR) is 143 cm³/mol. The SMILES string of the molecule is CCNC(=O)[C@H](c1ccccc1)N(Cc1ccccc1)C(=O)CCc1ccc(S(=O)(=O)NC2CC2)cc1. The van der Waals surface area contributed by atoms with Crippen molar-refractivity contribution in [3.63, 3.8) is 0 Å². The Balaban J connectivity index is 1.53. The molecular weight excluding hydrogens is 486 g/mol. The molecule has 0 bridgehead atoms. The van der Waals surface area contributed by atoms with Crippen LogP contribution in [0, 0.1) is 0 Å². The standard InChI is InChI=1S/C29H33N3O4S/c1-2-30-29(34)28(24-11-7-4-8-12-24)32(21-23-9-5-3-6-10-23)27(33)20-15-22-13-18-26(19-14-22)37(35,36)31-25-16-17-25/h3-14,18-19,25,28,31H,2,15-17,20-21H2,1H3,(H,30,34)/t28-/m0/s1. The molecule has 2 amide bonds. The summed E-state index contributed by atoms with van der Waals surface area (Å²) in [4.78, 5) is 28.7. The minimum Gasteiger partial charge on any atom is -0.354 e. The molecule has 0 radical (unpaired) electrons. The largest absolute Gasteiger partial charge is 0.354 e. The number of nitrogens with one attached hydrogen (secondary N) is 2. The first kappa shape index (κ1) is 26.6. The lowest BCUT2D eigenvalue weighted by molar-refractivity contribution is -0.141. The van der Waals surface area contributed by atoms with Gasteiger partial charge < -0.3 is 10.2 Å². The third-order valence-corrected chi connectivity index (χ3v) is 7.84. The Bertz CT molecular complexity index is 1290. The van der Waals surface area contributed by atoms with Crippen LogP contribution in [0.4, 0.5) is 0 Å². The lowest BCUT2D eigenvalue weighted by Crippen LogP contribution is -2.43. The van der Waals surface area contributed by atoms with Gasteiger partial charge in [-0.05, 0) is 55.0 Å². The highest BCUT2D eigenvalue weighted by molar-refractivity contribution is 7.89. The van der Waals surface area contributed by atoms with Crippen LogP contribution < -0.4 is 10.0 Å². The molecule has 4 rings (SSSR count). The van der Waals surface area contributed by atoms with Gasteiger partial charge in [0.15, 0.2) is 0 Å². The van der Waals surface area contributed by atoms with Gasteiger partial charge in [-0.3, -0.25) is 9.59 Å². The second kappa shape index (κ2) is 12.2. The van der Waals surface area contributed by atoms with Gasteiger partial charge in [-0.2, -0.15) is 0 Å². The van der Waals surface area contributed by atoms with Crippen molar-refractivity contribution < 1.29 is 18.0 Å². The first-order valence-corrected chi connectivity index (χ1v) is 14.1. The molecule has 0 spiro atoms. The van der Waals surface area contributed by atoms with E-state index in [1.54, 1.807) is 29.2 Å². The molecule has 1 fully saturated rings. The van der Waals surface area contributed by atoms with Crippen molar-refractivity contribution >= 4 is 21.8 Å². The second-order valence-electron chi connectivity index (χ2n) is 9.25. The van der Waals surface area contributed by atoms with Gasteiger partial charge in [0.2, 0.25) is 21.8 Å². The fourth-order valence-corrected chi connectivity index (χ4v) is 5.51. The van der Waals surface area contributed by atoms with E-state index in [2.05, 4.69) is 10.0 Å². The smallest absolute Gasteiger partial charge is 0.247 e. The number of amides is 2. The number of aryl methyl sites for hydroxylation is 1. The third-order valence-electron chi connectivity index (χ3n) is 6.30. The van der Waals surface area contributed by atoms with Crippen LogP contribution in [0.1, 0.15) is 48.9 Å². The number of hydrogen-bond donors (Lipinski definition) is 2. The van der Waals surface area contributed by atoms with Crippen LogP contribution in [-0.4, -0.2) is 37.7 Å². The van der Waals surface area contributed by atoms with E-state index in [-0.39, 0.29) is 29.2 Å². The Morgan fingerprint density at radius 1 is 0.892 bits per heavy atom. The lowest BCUT2D eigenvalue weighted by Gasteiger charge is -2.31. The molecule has 1 atom stereocenters. The van der Waals surface area contributed by atoms with Crippen molar-refractivity contribution in [2.75, 3.05) is 6.54 Å². The zero-order chi connectivity index (χ0) is 26.3. The molecule has 0 saturated heterocycles. The van der Waals surface area contributed by atoms with Gasteiger partial charge in [-0.1, -0.05) is 72.8 Å². The van der Waals surface area contributed by atoms with E-state index in [4.69, 9.17) is 0 Å². The van der Waals surface area contributed by atoms with Gasteiger partial charge >= 0.3 is 0 Å². The van der Waals surface area contributed by atoms with Gasteiger partial charge in [-0.25, -0.2) is 13.1 Å². The number of carbonyl (C=O) groups is 2. The summed E-state index contributed by atoms with van der Waals surface area (Å²) in [5.74, 6) is -0.383. The topological polar surface area (TPSA) is 95.6 Å². The Morgan fingerprint density at radius 2 is 1.51 bits per heavy atom. The number of rotatable bonds is 12. The minimum atomic E-state index is -3.52. The highest BCUT2D eigenvalue weighted by Gasteiger charge is 2.31. The fraction of sp³-hybridized carbons (Fsp3) is 0.310. The Labute approximate surface area is 218 Å². The third kappa shape index (κ3) is 7.27. The molecule has 37 heavy (non-hydrogen) atoms. The van der Waals surface area contributed by atoms with E-state index in [1.807, 2.05) is 67.6 Å². The molecular formula is C29H33N3O4S. The monoisotopic (exact) mass is 519 g/mol. The summed E-state index contributed by atoms with van der Waals surface area (Å²) in [5.41, 5.74) is 2.53. The average Bonchev–Trinajstić information content (AvgIpc) is 3.72. The number of nitrogens with zero attached hydrogens (tertiary/aromatic N) is 1. The van der Waals surface area contributed by atoms with Gasteiger partial charge in [0.25, 0.3) is 0 Å². The normalized spacial score (nSPS) is 14.1. The molecule has 1 aliphatic rings. The molecule has 8 heteroatoms. The van der Waals surface area contributed by atoms with Crippen LogP contribution in [0.5, 0.6) is 0 Å². The van der Waals surface area contributed by atoms with Crippen LogP contribution in [0.2, 0.25) is 0 Å². The summed E-state index contributed by atoms with van der Waals surface area (Å²) in [6, 6.07) is 24.9. The first-order valence-electron chi connectivity index (χ1n) is 12.6. The highest BCUT2D eigenvalue weighted by atomic mass is 32.2. The van der Waals surface area contributed by atoms with E-state index in [0.29, 0.717) is 19.5 Å². The highest BCUT2D eigenvalue weighted by Crippen LogP contribution is 2.26. The zero-order valence-corrected chi connectivity index (χ0v) is 21.8. The Kier molecular flexibility index (Phi) is 8.74. The molecule has 0 aromatic heterocycles. The number of likely N-dealkylation sites (N-methyl/N-ethyl adjacent to an activating group) is 1.